The molecule has 0 aliphatic carbocycles. The van der Waals surface area contributed by atoms with E-state index < -0.39 is 15.3 Å². The molecule has 4 aromatic rings. The summed E-state index contributed by atoms with van der Waals surface area (Å²) in [6.07, 6.45) is 1.23. The van der Waals surface area contributed by atoms with Gasteiger partial charge in [-0.25, -0.2) is 13.4 Å². The van der Waals surface area contributed by atoms with Gasteiger partial charge < -0.3 is 9.88 Å². The quantitative estimate of drug-likeness (QED) is 0.448. The SMILES string of the molecule is Cc1ccc(C)c(S(=O)(=O)c2cn(CC(=O)Nc3c(C)cccc3C)c3nc(C)ccc3c2=O)c1. The number of aryl methyl sites for hydroxylation is 5. The van der Waals surface area contributed by atoms with Crippen LogP contribution in [0.1, 0.15) is 27.9 Å². The summed E-state index contributed by atoms with van der Waals surface area (Å²) in [4.78, 5) is 30.5. The Balaban J connectivity index is 1.87. The number of hydrogen-bond acceptors (Lipinski definition) is 5. The highest BCUT2D eigenvalue weighted by molar-refractivity contribution is 7.91. The van der Waals surface area contributed by atoms with Crippen LogP contribution < -0.4 is 10.7 Å². The molecule has 0 aliphatic rings. The number of amides is 1. The number of pyridine rings is 2. The molecule has 4 rings (SSSR count). The third-order valence-corrected chi connectivity index (χ3v) is 7.90. The van der Waals surface area contributed by atoms with E-state index in [0.717, 1.165) is 16.7 Å². The molecule has 1 N–H and O–H groups in total. The maximum absolute atomic E-state index is 13.6. The topological polar surface area (TPSA) is 98.1 Å². The Morgan fingerprint density at radius 3 is 2.29 bits per heavy atom. The lowest BCUT2D eigenvalue weighted by Crippen LogP contribution is -2.25. The fraction of sp³-hybridized carbons (Fsp3) is 0.222. The number of para-hydroxylation sites is 1. The Morgan fingerprint density at radius 1 is 0.914 bits per heavy atom. The van der Waals surface area contributed by atoms with Crippen molar-refractivity contribution >= 4 is 32.5 Å². The number of fused-ring (bicyclic) bond motifs is 1. The number of sulfone groups is 1. The van der Waals surface area contributed by atoms with Gasteiger partial charge in [-0.15, -0.1) is 0 Å². The summed E-state index contributed by atoms with van der Waals surface area (Å²) in [6.45, 7) is 8.84. The van der Waals surface area contributed by atoms with E-state index in [9.17, 15) is 18.0 Å². The highest BCUT2D eigenvalue weighted by Gasteiger charge is 2.26. The van der Waals surface area contributed by atoms with Crippen molar-refractivity contribution in [3.63, 3.8) is 0 Å². The minimum Gasteiger partial charge on any atom is -0.324 e. The first-order valence-electron chi connectivity index (χ1n) is 11.2. The zero-order valence-corrected chi connectivity index (χ0v) is 21.2. The molecule has 0 saturated heterocycles. The number of anilines is 1. The second kappa shape index (κ2) is 9.11. The van der Waals surface area contributed by atoms with Crippen molar-refractivity contribution < 1.29 is 13.2 Å². The Kier molecular flexibility index (Phi) is 6.34. The molecular formula is C27H27N3O4S. The molecule has 180 valence electrons. The molecule has 2 aromatic heterocycles. The van der Waals surface area contributed by atoms with E-state index in [2.05, 4.69) is 10.3 Å². The van der Waals surface area contributed by atoms with E-state index in [4.69, 9.17) is 0 Å². The van der Waals surface area contributed by atoms with Gasteiger partial charge in [-0.1, -0.05) is 30.3 Å². The lowest BCUT2D eigenvalue weighted by molar-refractivity contribution is -0.116. The molecular weight excluding hydrogens is 462 g/mol. The fourth-order valence-electron chi connectivity index (χ4n) is 4.11. The Bertz CT molecular complexity index is 1630. The first kappa shape index (κ1) is 24.3. The summed E-state index contributed by atoms with van der Waals surface area (Å²) in [5.41, 5.74) is 4.09. The van der Waals surface area contributed by atoms with Crippen molar-refractivity contribution in [2.24, 2.45) is 0 Å². The van der Waals surface area contributed by atoms with Crippen molar-refractivity contribution in [2.75, 3.05) is 5.32 Å². The molecule has 0 fully saturated rings. The number of carbonyl (C=O) groups is 1. The summed E-state index contributed by atoms with van der Waals surface area (Å²) in [5, 5.41) is 3.05. The molecule has 1 amide bonds. The monoisotopic (exact) mass is 489 g/mol. The average Bonchev–Trinajstić information content (AvgIpc) is 2.79. The zero-order valence-electron chi connectivity index (χ0n) is 20.3. The van der Waals surface area contributed by atoms with Gasteiger partial charge in [0.15, 0.2) is 0 Å². The third kappa shape index (κ3) is 4.61. The summed E-state index contributed by atoms with van der Waals surface area (Å²) >= 11 is 0. The number of hydrogen-bond donors (Lipinski definition) is 1. The molecule has 0 aliphatic heterocycles. The van der Waals surface area contributed by atoms with Crippen LogP contribution >= 0.6 is 0 Å². The molecule has 7 nitrogen and oxygen atoms in total. The summed E-state index contributed by atoms with van der Waals surface area (Å²) in [6, 6.07) is 14.0. The predicted octanol–water partition coefficient (Wildman–Crippen LogP) is 4.41. The second-order valence-corrected chi connectivity index (χ2v) is 10.7. The number of benzene rings is 2. The lowest BCUT2D eigenvalue weighted by Gasteiger charge is -2.16. The van der Waals surface area contributed by atoms with Crippen molar-refractivity contribution in [1.82, 2.24) is 9.55 Å². The second-order valence-electron chi connectivity index (χ2n) is 8.86. The Labute approximate surface area is 204 Å². The van der Waals surface area contributed by atoms with Crippen LogP contribution in [0.4, 0.5) is 5.69 Å². The van der Waals surface area contributed by atoms with Crippen LogP contribution in [-0.4, -0.2) is 23.9 Å². The van der Waals surface area contributed by atoms with Crippen LogP contribution in [-0.2, 0) is 21.2 Å². The molecule has 0 radical (unpaired) electrons. The third-order valence-electron chi connectivity index (χ3n) is 6.01. The maximum Gasteiger partial charge on any atom is 0.244 e. The number of nitrogens with one attached hydrogen (secondary N) is 1. The van der Waals surface area contributed by atoms with Gasteiger partial charge >= 0.3 is 0 Å². The van der Waals surface area contributed by atoms with Gasteiger partial charge in [0.05, 0.1) is 10.3 Å². The molecule has 0 spiro atoms. The van der Waals surface area contributed by atoms with Gasteiger partial charge in [-0.3, -0.25) is 9.59 Å². The maximum atomic E-state index is 13.6. The van der Waals surface area contributed by atoms with Gasteiger partial charge in [-0.05, 0) is 75.1 Å². The minimum atomic E-state index is -4.15. The first-order chi connectivity index (χ1) is 16.5. The number of rotatable bonds is 5. The molecule has 8 heteroatoms. The van der Waals surface area contributed by atoms with E-state index in [-0.39, 0.29) is 33.3 Å². The van der Waals surface area contributed by atoms with Gasteiger partial charge in [0.2, 0.25) is 21.2 Å². The number of nitrogens with zero attached hydrogens (tertiary/aromatic N) is 2. The van der Waals surface area contributed by atoms with Gasteiger partial charge in [-0.2, -0.15) is 0 Å². The van der Waals surface area contributed by atoms with Crippen LogP contribution in [0.25, 0.3) is 11.0 Å². The molecule has 35 heavy (non-hydrogen) atoms. The molecule has 0 atom stereocenters. The highest BCUT2D eigenvalue weighted by Crippen LogP contribution is 2.25. The summed E-state index contributed by atoms with van der Waals surface area (Å²) in [5.74, 6) is -0.356. The molecule has 0 saturated carbocycles. The van der Waals surface area contributed by atoms with Gasteiger partial charge in [0.25, 0.3) is 0 Å². The largest absolute Gasteiger partial charge is 0.324 e. The standard InChI is InChI=1S/C27H27N3O4S/c1-16-9-10-17(2)22(13-16)35(33,34)23-14-30(27-21(26(23)32)12-11-20(5)28-27)15-24(31)29-25-18(3)7-6-8-19(25)4/h6-14H,15H2,1-5H3,(H,29,31). The van der Waals surface area contributed by atoms with Crippen LogP contribution in [0.5, 0.6) is 0 Å². The van der Waals surface area contributed by atoms with E-state index in [0.29, 0.717) is 16.9 Å². The van der Waals surface area contributed by atoms with Gasteiger partial charge in [0, 0.05) is 17.6 Å². The minimum absolute atomic E-state index is 0.0700. The van der Waals surface area contributed by atoms with E-state index >= 15 is 0 Å². The van der Waals surface area contributed by atoms with E-state index in [1.807, 2.05) is 38.1 Å². The number of aromatic nitrogens is 2. The van der Waals surface area contributed by atoms with Crippen molar-refractivity contribution in [3.8, 4) is 0 Å². The summed E-state index contributed by atoms with van der Waals surface area (Å²) < 4.78 is 28.7. The van der Waals surface area contributed by atoms with Crippen molar-refractivity contribution in [3.05, 3.63) is 92.9 Å². The molecule has 0 bridgehead atoms. The van der Waals surface area contributed by atoms with Crippen LogP contribution in [0.15, 0.2) is 69.3 Å². The zero-order chi connectivity index (χ0) is 25.5. The Morgan fingerprint density at radius 2 is 1.60 bits per heavy atom. The highest BCUT2D eigenvalue weighted by atomic mass is 32.2. The van der Waals surface area contributed by atoms with E-state index in [1.54, 1.807) is 45.0 Å². The van der Waals surface area contributed by atoms with Crippen LogP contribution in [0.2, 0.25) is 0 Å². The normalized spacial score (nSPS) is 11.6. The van der Waals surface area contributed by atoms with Gasteiger partial charge in [0.1, 0.15) is 17.1 Å². The van der Waals surface area contributed by atoms with Crippen molar-refractivity contribution in [1.29, 1.82) is 0 Å². The fourth-order valence-corrected chi connectivity index (χ4v) is 5.80. The van der Waals surface area contributed by atoms with Crippen molar-refractivity contribution in [2.45, 2.75) is 51.0 Å². The van der Waals surface area contributed by atoms with Crippen LogP contribution in [0.3, 0.4) is 0 Å². The molecule has 2 heterocycles. The lowest BCUT2D eigenvalue weighted by atomic mass is 10.1. The van der Waals surface area contributed by atoms with Crippen LogP contribution in [0, 0.1) is 34.6 Å². The molecule has 0 unspecified atom stereocenters. The average molecular weight is 490 g/mol. The first-order valence-corrected chi connectivity index (χ1v) is 12.7. The van der Waals surface area contributed by atoms with E-state index in [1.165, 1.54) is 10.8 Å². The summed E-state index contributed by atoms with van der Waals surface area (Å²) in [7, 11) is -4.15. The Hall–Kier alpha value is -3.78. The smallest absolute Gasteiger partial charge is 0.244 e. The number of carbonyl (C=O) groups excluding carboxylic acids is 1. The molecule has 2 aromatic carbocycles. The predicted molar refractivity (Wildman–Crippen MR) is 137 cm³/mol.